The second-order valence-corrected chi connectivity index (χ2v) is 11.4. The molecule has 196 valence electrons. The van der Waals surface area contributed by atoms with Crippen LogP contribution in [-0.2, 0) is 6.54 Å². The fourth-order valence-electron chi connectivity index (χ4n) is 5.79. The van der Waals surface area contributed by atoms with Gasteiger partial charge in [0.2, 0.25) is 0 Å². The lowest BCUT2D eigenvalue weighted by molar-refractivity contribution is 0.127. The maximum absolute atomic E-state index is 6.73. The van der Waals surface area contributed by atoms with Gasteiger partial charge in [0, 0.05) is 37.7 Å². The minimum absolute atomic E-state index is 0.251. The largest absolute Gasteiger partial charge is 0.497 e. The van der Waals surface area contributed by atoms with Crippen molar-refractivity contribution in [3.63, 3.8) is 0 Å². The zero-order valence-corrected chi connectivity index (χ0v) is 23.4. The van der Waals surface area contributed by atoms with Crippen LogP contribution in [0, 0.1) is 12.8 Å². The molecular weight excluding hydrogens is 501 g/mol. The van der Waals surface area contributed by atoms with Gasteiger partial charge in [0.15, 0.2) is 0 Å². The zero-order chi connectivity index (χ0) is 25.8. The van der Waals surface area contributed by atoms with Gasteiger partial charge >= 0.3 is 0 Å². The van der Waals surface area contributed by atoms with Crippen molar-refractivity contribution >= 4 is 28.9 Å². The summed E-state index contributed by atoms with van der Waals surface area (Å²) in [5.74, 6) is 1.66. The molecule has 1 atom stereocenters. The molecule has 3 aromatic carbocycles. The van der Waals surface area contributed by atoms with Gasteiger partial charge in [0.25, 0.3) is 0 Å². The van der Waals surface area contributed by atoms with Gasteiger partial charge in [0.05, 0.1) is 23.9 Å². The van der Waals surface area contributed by atoms with E-state index < -0.39 is 0 Å². The Hall–Kier alpha value is -2.24. The van der Waals surface area contributed by atoms with Gasteiger partial charge in [-0.3, -0.25) is 9.80 Å². The van der Waals surface area contributed by atoms with Crippen LogP contribution in [0.2, 0.25) is 10.0 Å². The van der Waals surface area contributed by atoms with Gasteiger partial charge in [-0.2, -0.15) is 0 Å². The number of piperidine rings is 1. The second kappa shape index (κ2) is 12.1. The molecule has 0 N–H and O–H groups in total. The number of likely N-dealkylation sites (tertiary alicyclic amines) is 1. The molecule has 2 aliphatic rings. The molecule has 2 saturated heterocycles. The maximum Gasteiger partial charge on any atom is 0.118 e. The summed E-state index contributed by atoms with van der Waals surface area (Å²) in [4.78, 5) is 7.74. The Labute approximate surface area is 231 Å². The van der Waals surface area contributed by atoms with Crippen molar-refractivity contribution in [3.05, 3.63) is 93.5 Å². The Morgan fingerprint density at radius 3 is 2.24 bits per heavy atom. The normalized spacial score (nSPS) is 19.8. The monoisotopic (exact) mass is 537 g/mol. The SMILES string of the molecule is COc1ccc(CN2CCC(CN3CCN(c4ccc(C)cc4Cl)[C@H](c4ccc(Cl)cc4)C3)CC2)cc1. The number of aryl methyl sites for hydroxylation is 1. The van der Waals surface area contributed by atoms with Gasteiger partial charge in [-0.25, -0.2) is 0 Å². The molecule has 0 spiro atoms. The highest BCUT2D eigenvalue weighted by molar-refractivity contribution is 6.33. The molecule has 0 bridgehead atoms. The Bertz CT molecular complexity index is 1160. The highest BCUT2D eigenvalue weighted by Crippen LogP contribution is 2.36. The Balaban J connectivity index is 1.21. The van der Waals surface area contributed by atoms with Crippen molar-refractivity contribution in [1.82, 2.24) is 9.80 Å². The summed E-state index contributed by atoms with van der Waals surface area (Å²) in [7, 11) is 1.72. The van der Waals surface area contributed by atoms with Crippen molar-refractivity contribution in [1.29, 1.82) is 0 Å². The van der Waals surface area contributed by atoms with Gasteiger partial charge in [-0.05, 0) is 91.9 Å². The highest BCUT2D eigenvalue weighted by atomic mass is 35.5. The smallest absolute Gasteiger partial charge is 0.118 e. The third-order valence-electron chi connectivity index (χ3n) is 7.92. The van der Waals surface area contributed by atoms with E-state index in [2.05, 4.69) is 76.2 Å². The number of rotatable bonds is 7. The van der Waals surface area contributed by atoms with Crippen LogP contribution in [0.5, 0.6) is 5.75 Å². The van der Waals surface area contributed by atoms with E-state index in [1.54, 1.807) is 7.11 Å². The number of nitrogens with zero attached hydrogens (tertiary/aromatic N) is 3. The molecule has 0 saturated carbocycles. The highest BCUT2D eigenvalue weighted by Gasteiger charge is 2.31. The molecular formula is C31H37Cl2N3O. The molecule has 4 nitrogen and oxygen atoms in total. The molecule has 37 heavy (non-hydrogen) atoms. The van der Waals surface area contributed by atoms with Crippen molar-refractivity contribution < 1.29 is 4.74 Å². The Morgan fingerprint density at radius 2 is 1.57 bits per heavy atom. The van der Waals surface area contributed by atoms with Crippen molar-refractivity contribution in [2.24, 2.45) is 5.92 Å². The molecule has 0 unspecified atom stereocenters. The predicted octanol–water partition coefficient (Wildman–Crippen LogP) is 7.09. The first-order valence-corrected chi connectivity index (χ1v) is 14.1. The molecule has 2 fully saturated rings. The van der Waals surface area contributed by atoms with E-state index >= 15 is 0 Å². The van der Waals surface area contributed by atoms with E-state index in [0.717, 1.165) is 73.2 Å². The second-order valence-electron chi connectivity index (χ2n) is 10.5. The molecule has 0 amide bonds. The maximum atomic E-state index is 6.73. The zero-order valence-electron chi connectivity index (χ0n) is 21.9. The molecule has 5 rings (SSSR count). The van der Waals surface area contributed by atoms with E-state index in [0.29, 0.717) is 0 Å². The minimum atomic E-state index is 0.251. The van der Waals surface area contributed by atoms with Crippen molar-refractivity contribution in [2.45, 2.75) is 32.4 Å². The van der Waals surface area contributed by atoms with Gasteiger partial charge in [0.1, 0.15) is 5.75 Å². The number of methoxy groups -OCH3 is 1. The molecule has 0 radical (unpaired) electrons. The number of benzene rings is 3. The molecule has 6 heteroatoms. The van der Waals surface area contributed by atoms with Crippen LogP contribution in [0.15, 0.2) is 66.7 Å². The molecule has 0 aliphatic carbocycles. The van der Waals surface area contributed by atoms with Gasteiger partial charge in [-0.1, -0.05) is 53.5 Å². The fraction of sp³-hybridized carbons (Fsp3) is 0.419. The lowest BCUT2D eigenvalue weighted by atomic mass is 9.94. The summed E-state index contributed by atoms with van der Waals surface area (Å²) in [5, 5.41) is 1.61. The summed E-state index contributed by atoms with van der Waals surface area (Å²) in [6.45, 7) is 9.62. The summed E-state index contributed by atoms with van der Waals surface area (Å²) in [6, 6.07) is 23.5. The number of hydrogen-bond donors (Lipinski definition) is 0. The van der Waals surface area contributed by atoms with Crippen LogP contribution in [0.25, 0.3) is 0 Å². The lowest BCUT2D eigenvalue weighted by Crippen LogP contribution is -2.50. The summed E-state index contributed by atoms with van der Waals surface area (Å²) >= 11 is 13.0. The summed E-state index contributed by atoms with van der Waals surface area (Å²) in [6.07, 6.45) is 2.51. The number of ether oxygens (including phenoxy) is 1. The number of piperazine rings is 1. The number of halogens is 2. The molecule has 2 aliphatic heterocycles. The topological polar surface area (TPSA) is 19.0 Å². The lowest BCUT2D eigenvalue weighted by Gasteiger charge is -2.45. The fourth-order valence-corrected chi connectivity index (χ4v) is 6.26. The standard InChI is InChI=1S/C31H37Cl2N3O/c1-23-3-12-30(29(33)19-23)36-18-17-35(22-31(36)26-6-8-27(32)9-7-26)21-25-13-15-34(16-14-25)20-24-4-10-28(37-2)11-5-24/h3-12,19,25,31H,13-18,20-22H2,1-2H3/t31-/m0/s1. The van der Waals surface area contributed by atoms with E-state index in [4.69, 9.17) is 27.9 Å². The van der Waals surface area contributed by atoms with Crippen LogP contribution < -0.4 is 9.64 Å². The molecule has 0 aromatic heterocycles. The van der Waals surface area contributed by atoms with E-state index in [9.17, 15) is 0 Å². The van der Waals surface area contributed by atoms with Crippen molar-refractivity contribution in [2.75, 3.05) is 51.3 Å². The van der Waals surface area contributed by atoms with Crippen LogP contribution in [0.1, 0.15) is 35.6 Å². The predicted molar refractivity (Wildman–Crippen MR) is 155 cm³/mol. The van der Waals surface area contributed by atoms with Gasteiger partial charge in [-0.15, -0.1) is 0 Å². The molecule has 2 heterocycles. The van der Waals surface area contributed by atoms with E-state index in [-0.39, 0.29) is 6.04 Å². The van der Waals surface area contributed by atoms with E-state index in [1.807, 2.05) is 12.1 Å². The summed E-state index contributed by atoms with van der Waals surface area (Å²) < 4.78 is 5.29. The third-order valence-corrected chi connectivity index (χ3v) is 8.48. The van der Waals surface area contributed by atoms with Crippen LogP contribution in [-0.4, -0.2) is 56.2 Å². The number of hydrogen-bond acceptors (Lipinski definition) is 4. The Morgan fingerprint density at radius 1 is 0.838 bits per heavy atom. The first-order valence-electron chi connectivity index (χ1n) is 13.3. The first-order chi connectivity index (χ1) is 18.0. The van der Waals surface area contributed by atoms with Crippen molar-refractivity contribution in [3.8, 4) is 5.75 Å². The number of anilines is 1. The van der Waals surface area contributed by atoms with Crippen LogP contribution in [0.3, 0.4) is 0 Å². The quantitative estimate of drug-likeness (QED) is 0.320. The molecule has 3 aromatic rings. The average molecular weight is 539 g/mol. The third kappa shape index (κ3) is 6.61. The Kier molecular flexibility index (Phi) is 8.61. The van der Waals surface area contributed by atoms with Crippen LogP contribution >= 0.6 is 23.2 Å². The average Bonchev–Trinajstić information content (AvgIpc) is 2.91. The van der Waals surface area contributed by atoms with Crippen LogP contribution in [0.4, 0.5) is 5.69 Å². The van der Waals surface area contributed by atoms with E-state index in [1.165, 1.54) is 29.5 Å². The minimum Gasteiger partial charge on any atom is -0.497 e. The summed E-state index contributed by atoms with van der Waals surface area (Å²) in [5.41, 5.74) is 4.96. The first kappa shape index (κ1) is 26.4. The van der Waals surface area contributed by atoms with Gasteiger partial charge < -0.3 is 9.64 Å².